The van der Waals surface area contributed by atoms with E-state index < -0.39 is 9.84 Å². The van der Waals surface area contributed by atoms with Crippen LogP contribution in [0, 0.1) is 6.92 Å². The third kappa shape index (κ3) is 4.42. The minimum absolute atomic E-state index is 0.0276. The number of ketones is 1. The molecule has 0 amide bonds. The van der Waals surface area contributed by atoms with Gasteiger partial charge in [-0.15, -0.1) is 11.3 Å². The highest BCUT2D eigenvalue weighted by molar-refractivity contribution is 7.91. The van der Waals surface area contributed by atoms with E-state index in [4.69, 9.17) is 0 Å². The van der Waals surface area contributed by atoms with E-state index in [1.165, 1.54) is 16.9 Å². The van der Waals surface area contributed by atoms with Crippen LogP contribution in [0.1, 0.15) is 26.4 Å². The molecule has 33 heavy (non-hydrogen) atoms. The van der Waals surface area contributed by atoms with Gasteiger partial charge in [0.15, 0.2) is 15.6 Å². The Labute approximate surface area is 197 Å². The molecule has 4 aromatic rings. The standard InChI is InChI=1S/C27H23NO3S2/c1-18-6-5-7-19(12-18)15-28-16-24(29)25-14-22-17-33(30,31)26-11-10-21(13-23(26)27(22)32-25)20-8-3-2-4-9-20/h2-14,28H,15-17H2,1H3. The van der Waals surface area contributed by atoms with Crippen LogP contribution >= 0.6 is 11.3 Å². The molecule has 0 saturated carbocycles. The number of nitrogens with one attached hydrogen (secondary N) is 1. The number of thiophene rings is 1. The summed E-state index contributed by atoms with van der Waals surface area (Å²) in [7, 11) is -3.44. The fourth-order valence-electron chi connectivity index (χ4n) is 4.20. The second-order valence-corrected chi connectivity index (χ2v) is 11.3. The fourth-order valence-corrected chi connectivity index (χ4v) is 7.07. The summed E-state index contributed by atoms with van der Waals surface area (Å²) in [5.74, 6) is -0.0965. The third-order valence-corrected chi connectivity index (χ3v) is 8.76. The number of carbonyl (C=O) groups is 1. The van der Waals surface area contributed by atoms with Gasteiger partial charge in [0.1, 0.15) is 0 Å². The number of rotatable bonds is 6. The molecule has 1 aliphatic rings. The van der Waals surface area contributed by atoms with Crippen LogP contribution in [0.4, 0.5) is 0 Å². The number of benzene rings is 3. The molecule has 0 unspecified atom stereocenters. The zero-order valence-electron chi connectivity index (χ0n) is 18.2. The monoisotopic (exact) mass is 473 g/mol. The van der Waals surface area contributed by atoms with E-state index in [9.17, 15) is 13.2 Å². The van der Waals surface area contributed by atoms with E-state index in [0.717, 1.165) is 21.6 Å². The summed E-state index contributed by atoms with van der Waals surface area (Å²) in [6.07, 6.45) is 0. The molecule has 166 valence electrons. The SMILES string of the molecule is Cc1cccc(CNCC(=O)c2cc3c(s2)-c2cc(-c4ccccc4)ccc2S(=O)(=O)C3)c1. The number of fused-ring (bicyclic) bond motifs is 3. The van der Waals surface area contributed by atoms with Crippen LogP contribution in [-0.2, 0) is 22.1 Å². The second kappa shape index (κ2) is 8.71. The Morgan fingerprint density at radius 3 is 2.55 bits per heavy atom. The molecule has 1 aromatic heterocycles. The van der Waals surface area contributed by atoms with Crippen LogP contribution in [0.5, 0.6) is 0 Å². The van der Waals surface area contributed by atoms with Crippen LogP contribution < -0.4 is 5.32 Å². The molecule has 3 aromatic carbocycles. The van der Waals surface area contributed by atoms with Crippen LogP contribution in [0.3, 0.4) is 0 Å². The van der Waals surface area contributed by atoms with Gasteiger partial charge < -0.3 is 5.32 Å². The highest BCUT2D eigenvalue weighted by Gasteiger charge is 2.31. The summed E-state index contributed by atoms with van der Waals surface area (Å²) in [5.41, 5.74) is 5.69. The Balaban J connectivity index is 1.42. The summed E-state index contributed by atoms with van der Waals surface area (Å²) >= 11 is 1.39. The Morgan fingerprint density at radius 1 is 0.939 bits per heavy atom. The van der Waals surface area contributed by atoms with Gasteiger partial charge in [0, 0.05) is 17.0 Å². The van der Waals surface area contributed by atoms with Crippen molar-refractivity contribution in [1.82, 2.24) is 5.32 Å². The van der Waals surface area contributed by atoms with E-state index in [1.54, 1.807) is 12.1 Å². The van der Waals surface area contributed by atoms with E-state index in [1.807, 2.05) is 67.6 Å². The minimum Gasteiger partial charge on any atom is -0.306 e. The summed E-state index contributed by atoms with van der Waals surface area (Å²) in [5, 5.41) is 3.21. The molecule has 0 radical (unpaired) electrons. The van der Waals surface area contributed by atoms with Gasteiger partial charge in [0.25, 0.3) is 0 Å². The van der Waals surface area contributed by atoms with Gasteiger partial charge in [0.05, 0.1) is 22.1 Å². The Hall–Kier alpha value is -3.06. The van der Waals surface area contributed by atoms with Gasteiger partial charge >= 0.3 is 0 Å². The Morgan fingerprint density at radius 2 is 1.76 bits per heavy atom. The molecular weight excluding hydrogens is 450 g/mol. The van der Waals surface area contributed by atoms with Crippen molar-refractivity contribution >= 4 is 27.0 Å². The predicted octanol–water partition coefficient (Wildman–Crippen LogP) is 5.65. The lowest BCUT2D eigenvalue weighted by Crippen LogP contribution is -2.22. The molecule has 1 N–H and O–H groups in total. The van der Waals surface area contributed by atoms with Crippen molar-refractivity contribution in [1.29, 1.82) is 0 Å². The zero-order chi connectivity index (χ0) is 23.0. The van der Waals surface area contributed by atoms with Crippen molar-refractivity contribution in [3.05, 3.63) is 100 Å². The first-order chi connectivity index (χ1) is 15.9. The lowest BCUT2D eigenvalue weighted by Gasteiger charge is -2.17. The minimum atomic E-state index is -3.44. The fraction of sp³-hybridized carbons (Fsp3) is 0.148. The molecule has 5 rings (SSSR count). The van der Waals surface area contributed by atoms with Crippen LogP contribution in [0.15, 0.2) is 83.8 Å². The number of sulfone groups is 1. The maximum absolute atomic E-state index is 12.9. The van der Waals surface area contributed by atoms with Gasteiger partial charge in [-0.25, -0.2) is 8.42 Å². The van der Waals surface area contributed by atoms with Crippen LogP contribution in [-0.4, -0.2) is 20.7 Å². The predicted molar refractivity (Wildman–Crippen MR) is 133 cm³/mol. The molecule has 0 aliphatic carbocycles. The summed E-state index contributed by atoms with van der Waals surface area (Å²) in [6, 6.07) is 25.3. The summed E-state index contributed by atoms with van der Waals surface area (Å²) in [6.45, 7) is 2.85. The molecule has 1 aliphatic heterocycles. The molecular formula is C27H23NO3S2. The van der Waals surface area contributed by atoms with Gasteiger partial charge in [-0.3, -0.25) is 4.79 Å². The van der Waals surface area contributed by atoms with Crippen molar-refractivity contribution in [3.8, 4) is 21.6 Å². The second-order valence-electron chi connectivity index (χ2n) is 8.32. The molecule has 2 heterocycles. The molecule has 0 saturated heterocycles. The normalized spacial score (nSPS) is 13.8. The maximum Gasteiger partial charge on any atom is 0.186 e. The van der Waals surface area contributed by atoms with Crippen molar-refractivity contribution in [3.63, 3.8) is 0 Å². The van der Waals surface area contributed by atoms with Crippen molar-refractivity contribution < 1.29 is 13.2 Å². The lowest BCUT2D eigenvalue weighted by molar-refractivity contribution is 0.0994. The van der Waals surface area contributed by atoms with Gasteiger partial charge in [-0.05, 0) is 47.4 Å². The quantitative estimate of drug-likeness (QED) is 0.368. The van der Waals surface area contributed by atoms with Gasteiger partial charge in [-0.2, -0.15) is 0 Å². The highest BCUT2D eigenvalue weighted by Crippen LogP contribution is 2.44. The van der Waals surface area contributed by atoms with E-state index in [0.29, 0.717) is 27.4 Å². The first-order valence-electron chi connectivity index (χ1n) is 10.8. The number of hydrogen-bond acceptors (Lipinski definition) is 5. The number of Topliss-reactive ketones (excluding diaryl/α,β-unsaturated/α-hetero) is 1. The van der Waals surface area contributed by atoms with E-state index in [2.05, 4.69) is 11.4 Å². The Bertz CT molecular complexity index is 1450. The molecule has 6 heteroatoms. The Kier molecular flexibility index (Phi) is 5.74. The molecule has 4 nitrogen and oxygen atoms in total. The average molecular weight is 474 g/mol. The number of hydrogen-bond donors (Lipinski definition) is 1. The molecule has 0 spiro atoms. The maximum atomic E-state index is 12.9. The smallest absolute Gasteiger partial charge is 0.186 e. The number of aryl methyl sites for hydroxylation is 1. The van der Waals surface area contributed by atoms with Crippen LogP contribution in [0.2, 0.25) is 0 Å². The molecule has 0 atom stereocenters. The largest absolute Gasteiger partial charge is 0.306 e. The molecule has 0 bridgehead atoms. The topological polar surface area (TPSA) is 63.2 Å². The van der Waals surface area contributed by atoms with E-state index >= 15 is 0 Å². The average Bonchev–Trinajstić information content (AvgIpc) is 3.23. The summed E-state index contributed by atoms with van der Waals surface area (Å²) in [4.78, 5) is 14.7. The van der Waals surface area contributed by atoms with Crippen molar-refractivity contribution in [2.75, 3.05) is 6.54 Å². The van der Waals surface area contributed by atoms with Gasteiger partial charge in [-0.1, -0.05) is 66.2 Å². The van der Waals surface area contributed by atoms with Crippen molar-refractivity contribution in [2.24, 2.45) is 0 Å². The van der Waals surface area contributed by atoms with E-state index in [-0.39, 0.29) is 18.1 Å². The third-order valence-electron chi connectivity index (χ3n) is 5.79. The summed E-state index contributed by atoms with van der Waals surface area (Å²) < 4.78 is 25.9. The first kappa shape index (κ1) is 21.8. The lowest BCUT2D eigenvalue weighted by atomic mass is 10.0. The van der Waals surface area contributed by atoms with Crippen molar-refractivity contribution in [2.45, 2.75) is 24.1 Å². The highest BCUT2D eigenvalue weighted by atomic mass is 32.2. The van der Waals surface area contributed by atoms with Crippen LogP contribution in [0.25, 0.3) is 21.6 Å². The number of carbonyl (C=O) groups excluding carboxylic acids is 1. The molecule has 0 fully saturated rings. The first-order valence-corrected chi connectivity index (χ1v) is 13.2. The zero-order valence-corrected chi connectivity index (χ0v) is 19.8. The van der Waals surface area contributed by atoms with Gasteiger partial charge in [0.2, 0.25) is 0 Å².